The van der Waals surface area contributed by atoms with Gasteiger partial charge in [-0.15, -0.1) is 0 Å². The summed E-state index contributed by atoms with van der Waals surface area (Å²) in [5.74, 6) is -2.61. The predicted molar refractivity (Wildman–Crippen MR) is 97.3 cm³/mol. The smallest absolute Gasteiger partial charge is 0.392 e. The van der Waals surface area contributed by atoms with Crippen LogP contribution in [-0.2, 0) is 6.61 Å². The molecule has 0 bridgehead atoms. The molecule has 5 unspecified atom stereocenters. The number of fused-ring (bicyclic) bond motifs is 3. The van der Waals surface area contributed by atoms with E-state index < -0.39 is 34.9 Å². The van der Waals surface area contributed by atoms with Crippen LogP contribution in [0.1, 0.15) is 18.1 Å². The van der Waals surface area contributed by atoms with Crippen LogP contribution in [0.15, 0.2) is 66.8 Å². The van der Waals surface area contributed by atoms with Crippen molar-refractivity contribution >= 4 is 5.57 Å². The van der Waals surface area contributed by atoms with Gasteiger partial charge in [0.1, 0.15) is 0 Å². The van der Waals surface area contributed by atoms with Crippen molar-refractivity contribution in [2.75, 3.05) is 0 Å². The van der Waals surface area contributed by atoms with E-state index >= 15 is 0 Å². The fourth-order valence-corrected chi connectivity index (χ4v) is 5.02. The molecule has 0 saturated heterocycles. The average Bonchev–Trinajstić information content (AvgIpc) is 2.87. The zero-order valence-corrected chi connectivity index (χ0v) is 14.8. The third-order valence-corrected chi connectivity index (χ3v) is 6.43. The molecule has 0 aliphatic heterocycles. The molecule has 0 spiro atoms. The maximum atomic E-state index is 14.1. The first-order valence-corrected chi connectivity index (χ1v) is 8.98. The molecular weight excluding hydrogens is 353 g/mol. The third-order valence-electron chi connectivity index (χ3n) is 6.43. The Balaban J connectivity index is 1.89. The molecule has 0 heterocycles. The average molecular weight is 374 g/mol. The van der Waals surface area contributed by atoms with Crippen LogP contribution in [0.5, 0.6) is 0 Å². The van der Waals surface area contributed by atoms with Crippen LogP contribution in [0.4, 0.5) is 13.2 Å². The van der Waals surface area contributed by atoms with Crippen LogP contribution in [0.3, 0.4) is 0 Å². The summed E-state index contributed by atoms with van der Waals surface area (Å²) < 4.78 is 42.4. The molecule has 1 aromatic carbocycles. The molecule has 1 saturated carbocycles. The second-order valence-corrected chi connectivity index (χ2v) is 7.76. The van der Waals surface area contributed by atoms with Gasteiger partial charge in [-0.3, -0.25) is 0 Å². The summed E-state index contributed by atoms with van der Waals surface area (Å²) in [6.45, 7) is 1.58. The van der Waals surface area contributed by atoms with E-state index in [1.807, 2.05) is 6.08 Å². The summed E-state index contributed by atoms with van der Waals surface area (Å²) in [6, 6.07) is 7.08. The lowest BCUT2D eigenvalue weighted by Gasteiger charge is -2.39. The first kappa shape index (κ1) is 18.3. The highest BCUT2D eigenvalue weighted by Gasteiger charge is 2.73. The highest BCUT2D eigenvalue weighted by Crippen LogP contribution is 2.65. The Morgan fingerprint density at radius 1 is 1.07 bits per heavy atom. The Kier molecular flexibility index (Phi) is 4.02. The Morgan fingerprint density at radius 2 is 1.74 bits per heavy atom. The Hall–Kier alpha value is -2.11. The van der Waals surface area contributed by atoms with Crippen molar-refractivity contribution in [1.29, 1.82) is 0 Å². The number of aliphatic hydroxyl groups is 2. The molecule has 5 atom stereocenters. The minimum absolute atomic E-state index is 0.205. The summed E-state index contributed by atoms with van der Waals surface area (Å²) in [5.41, 5.74) is -1.78. The van der Waals surface area contributed by atoms with Gasteiger partial charge < -0.3 is 10.2 Å². The van der Waals surface area contributed by atoms with Crippen molar-refractivity contribution in [2.24, 2.45) is 23.2 Å². The first-order chi connectivity index (χ1) is 12.7. The van der Waals surface area contributed by atoms with Crippen molar-refractivity contribution in [3.63, 3.8) is 0 Å². The van der Waals surface area contributed by atoms with Gasteiger partial charge in [0.05, 0.1) is 6.61 Å². The summed E-state index contributed by atoms with van der Waals surface area (Å²) >= 11 is 0. The third kappa shape index (κ3) is 2.41. The highest BCUT2D eigenvalue weighted by atomic mass is 19.4. The van der Waals surface area contributed by atoms with Gasteiger partial charge in [0, 0.05) is 17.3 Å². The highest BCUT2D eigenvalue weighted by molar-refractivity contribution is 5.78. The molecule has 3 aliphatic carbocycles. The first-order valence-electron chi connectivity index (χ1n) is 8.98. The summed E-state index contributed by atoms with van der Waals surface area (Å²) in [7, 11) is 0. The number of alkyl halides is 3. The molecule has 2 nitrogen and oxygen atoms in total. The zero-order chi connectivity index (χ0) is 19.4. The van der Waals surface area contributed by atoms with Crippen molar-refractivity contribution in [3.05, 3.63) is 77.9 Å². The zero-order valence-electron chi connectivity index (χ0n) is 14.8. The van der Waals surface area contributed by atoms with Gasteiger partial charge in [0.25, 0.3) is 0 Å². The van der Waals surface area contributed by atoms with Crippen LogP contribution in [0.25, 0.3) is 5.57 Å². The summed E-state index contributed by atoms with van der Waals surface area (Å²) in [6.07, 6.45) is 6.96. The molecule has 2 N–H and O–H groups in total. The van der Waals surface area contributed by atoms with Gasteiger partial charge >= 0.3 is 6.18 Å². The van der Waals surface area contributed by atoms with Crippen LogP contribution >= 0.6 is 0 Å². The lowest BCUT2D eigenvalue weighted by Crippen LogP contribution is -2.54. The molecule has 0 aromatic heterocycles. The molecule has 3 aliphatic rings. The molecule has 0 amide bonds. The quantitative estimate of drug-likeness (QED) is 0.805. The number of benzene rings is 1. The summed E-state index contributed by atoms with van der Waals surface area (Å²) in [4.78, 5) is 0. The van der Waals surface area contributed by atoms with Gasteiger partial charge in [-0.05, 0) is 22.6 Å². The monoisotopic (exact) mass is 374 g/mol. The molecule has 5 heteroatoms. The minimum Gasteiger partial charge on any atom is -0.392 e. The maximum Gasteiger partial charge on any atom is 0.418 e. The minimum atomic E-state index is -4.77. The van der Waals surface area contributed by atoms with E-state index in [2.05, 4.69) is 0 Å². The molecule has 1 aromatic rings. The molecule has 142 valence electrons. The number of aliphatic hydroxyl groups excluding tert-OH is 1. The van der Waals surface area contributed by atoms with E-state index in [-0.39, 0.29) is 6.61 Å². The largest absolute Gasteiger partial charge is 0.418 e. The van der Waals surface area contributed by atoms with E-state index in [4.69, 9.17) is 0 Å². The van der Waals surface area contributed by atoms with Gasteiger partial charge in [-0.1, -0.05) is 73.7 Å². The Labute approximate surface area is 156 Å². The van der Waals surface area contributed by atoms with E-state index in [0.29, 0.717) is 16.7 Å². The number of rotatable bonds is 2. The number of hydrogen-bond acceptors (Lipinski definition) is 2. The lowest BCUT2D eigenvalue weighted by atomic mass is 9.67. The SMILES string of the molecule is CC12C=CC(c3ccccc3CO)=CC1C(O)(C(F)(F)F)C1C=CC=CC12. The van der Waals surface area contributed by atoms with Gasteiger partial charge in [0.15, 0.2) is 5.60 Å². The van der Waals surface area contributed by atoms with Gasteiger partial charge in [-0.2, -0.15) is 13.2 Å². The van der Waals surface area contributed by atoms with Crippen LogP contribution in [-0.4, -0.2) is 22.0 Å². The van der Waals surface area contributed by atoms with Gasteiger partial charge in [0.2, 0.25) is 0 Å². The fourth-order valence-electron chi connectivity index (χ4n) is 5.02. The standard InChI is InChI=1S/C22H21F3O2/c1-20-11-10-14(16-7-3-2-6-15(16)13-26)12-19(20)21(27,22(23,24)25)18-9-5-4-8-17(18)20/h2-12,17-19,26-27H,13H2,1H3. The number of hydrogen-bond donors (Lipinski definition) is 2. The number of allylic oxidation sites excluding steroid dienone is 6. The van der Waals surface area contributed by atoms with Gasteiger partial charge in [-0.25, -0.2) is 0 Å². The van der Waals surface area contributed by atoms with Crippen molar-refractivity contribution in [1.82, 2.24) is 0 Å². The van der Waals surface area contributed by atoms with Crippen molar-refractivity contribution in [3.8, 4) is 0 Å². The van der Waals surface area contributed by atoms with E-state index in [0.717, 1.165) is 0 Å². The van der Waals surface area contributed by atoms with Crippen molar-refractivity contribution < 1.29 is 23.4 Å². The van der Waals surface area contributed by atoms with Crippen LogP contribution < -0.4 is 0 Å². The van der Waals surface area contributed by atoms with E-state index in [9.17, 15) is 23.4 Å². The van der Waals surface area contributed by atoms with Crippen molar-refractivity contribution in [2.45, 2.75) is 25.3 Å². The number of halogens is 3. The molecule has 4 rings (SSSR count). The molecular formula is C22H21F3O2. The second-order valence-electron chi connectivity index (χ2n) is 7.76. The molecule has 1 fully saturated rings. The fraction of sp³-hybridized carbons (Fsp3) is 0.364. The maximum absolute atomic E-state index is 14.1. The molecule has 27 heavy (non-hydrogen) atoms. The predicted octanol–water partition coefficient (Wildman–Crippen LogP) is 4.42. The summed E-state index contributed by atoms with van der Waals surface area (Å²) in [5, 5.41) is 20.6. The Morgan fingerprint density at radius 3 is 2.41 bits per heavy atom. The normalized spacial score (nSPS) is 37.1. The second kappa shape index (κ2) is 5.94. The topological polar surface area (TPSA) is 40.5 Å². The lowest BCUT2D eigenvalue weighted by molar-refractivity contribution is -0.281. The van der Waals surface area contributed by atoms with E-state index in [1.54, 1.807) is 61.6 Å². The van der Waals surface area contributed by atoms with E-state index in [1.165, 1.54) is 6.08 Å². The van der Waals surface area contributed by atoms with Crippen LogP contribution in [0.2, 0.25) is 0 Å². The van der Waals surface area contributed by atoms with Crippen LogP contribution in [0, 0.1) is 23.2 Å². The molecule has 0 radical (unpaired) electrons. The Bertz CT molecular complexity index is 880.